The van der Waals surface area contributed by atoms with Crippen molar-refractivity contribution >= 4 is 92.4 Å². The zero-order valence-corrected chi connectivity index (χ0v) is 33.7. The van der Waals surface area contributed by atoms with Gasteiger partial charge < -0.3 is 8.83 Å². The van der Waals surface area contributed by atoms with Gasteiger partial charge in [0.25, 0.3) is 0 Å². The van der Waals surface area contributed by atoms with E-state index in [1.807, 2.05) is 11.3 Å². The highest BCUT2D eigenvalue weighted by Crippen LogP contribution is 2.47. The topological polar surface area (TPSA) is 38.6 Å². The maximum absolute atomic E-state index is 6.99. The first kappa shape index (κ1) is 34.7. The predicted molar refractivity (Wildman–Crippen MR) is 254 cm³/mol. The number of aliphatic imine (C=N–C) groups is 1. The number of thiophene rings is 1. The summed E-state index contributed by atoms with van der Waals surface area (Å²) in [6.07, 6.45) is 4.01. The monoisotopic (exact) mass is 787 g/mol. The van der Waals surface area contributed by atoms with Crippen LogP contribution in [0.3, 0.4) is 0 Å². The van der Waals surface area contributed by atoms with Crippen LogP contribution >= 0.6 is 11.3 Å². The zero-order valence-electron chi connectivity index (χ0n) is 32.9. The first-order valence-electron chi connectivity index (χ1n) is 20.6. The van der Waals surface area contributed by atoms with Gasteiger partial charge in [-0.25, -0.2) is 4.99 Å². The smallest absolute Gasteiger partial charge is 0.143 e. The Bertz CT molecular complexity index is 3600. The van der Waals surface area contributed by atoms with Crippen molar-refractivity contribution in [2.24, 2.45) is 4.99 Å². The first-order chi connectivity index (χ1) is 29.7. The fourth-order valence-corrected chi connectivity index (χ4v) is 10.6. The van der Waals surface area contributed by atoms with Gasteiger partial charge in [0.2, 0.25) is 0 Å². The van der Waals surface area contributed by atoms with E-state index < -0.39 is 0 Å². The summed E-state index contributed by atoms with van der Waals surface area (Å²) in [4.78, 5) is 5.38. The molecule has 60 heavy (non-hydrogen) atoms. The molecule has 3 nitrogen and oxygen atoms in total. The summed E-state index contributed by atoms with van der Waals surface area (Å²) in [6.45, 7) is 2.22. The fraction of sp³-hybridized carbons (Fsp3) is 0.0536. The van der Waals surface area contributed by atoms with E-state index in [9.17, 15) is 0 Å². The molecule has 0 spiro atoms. The van der Waals surface area contributed by atoms with Crippen LogP contribution in [-0.4, -0.2) is 5.71 Å². The summed E-state index contributed by atoms with van der Waals surface area (Å²) in [5.74, 6) is 0. The van der Waals surface area contributed by atoms with Crippen LogP contribution < -0.4 is 0 Å². The SMILES string of the molecule is CC1=C(c2cccc3c2oc2cc(-c4ccc(-c5cccc6sc7ccccc7c56)c5oc6ccccc6c45)ccc23)CC/C=C(\c2ccccc2)N=C1c1ccccc1. The highest BCUT2D eigenvalue weighted by molar-refractivity contribution is 7.25. The summed E-state index contributed by atoms with van der Waals surface area (Å²) in [5, 5.41) is 6.98. The van der Waals surface area contributed by atoms with Crippen molar-refractivity contribution in [1.29, 1.82) is 0 Å². The molecule has 1 aliphatic rings. The van der Waals surface area contributed by atoms with Gasteiger partial charge in [-0.1, -0.05) is 146 Å². The third-order valence-corrected chi connectivity index (χ3v) is 13.4. The number of fused-ring (bicyclic) bond motifs is 9. The quantitative estimate of drug-likeness (QED) is 0.174. The molecule has 0 atom stereocenters. The minimum atomic E-state index is 0.863. The summed E-state index contributed by atoms with van der Waals surface area (Å²) in [5.41, 5.74) is 15.8. The Labute approximate surface area is 350 Å². The van der Waals surface area contributed by atoms with Crippen molar-refractivity contribution in [2.75, 3.05) is 0 Å². The van der Waals surface area contributed by atoms with Crippen molar-refractivity contribution in [3.8, 4) is 22.3 Å². The molecule has 0 radical (unpaired) electrons. The molecule has 0 N–H and O–H groups in total. The summed E-state index contributed by atoms with van der Waals surface area (Å²) in [6, 6.07) is 62.6. The van der Waals surface area contributed by atoms with Crippen molar-refractivity contribution in [3.05, 3.63) is 204 Å². The molecule has 0 aliphatic carbocycles. The Balaban J connectivity index is 1.02. The lowest BCUT2D eigenvalue weighted by atomic mass is 9.89. The minimum Gasteiger partial charge on any atom is -0.455 e. The molecule has 1 aliphatic heterocycles. The lowest BCUT2D eigenvalue weighted by Crippen LogP contribution is -2.08. The number of para-hydroxylation sites is 2. The summed E-state index contributed by atoms with van der Waals surface area (Å²) in [7, 11) is 0. The second kappa shape index (κ2) is 13.9. The van der Waals surface area contributed by atoms with Crippen molar-refractivity contribution in [1.82, 2.24) is 0 Å². The Hall–Kier alpha value is -7.27. The molecular weight excluding hydrogens is 751 g/mol. The molecule has 0 saturated heterocycles. The number of allylic oxidation sites excluding steroid dienone is 3. The van der Waals surface area contributed by atoms with E-state index in [1.54, 1.807) is 0 Å². The van der Waals surface area contributed by atoms with Crippen molar-refractivity contribution < 1.29 is 8.83 Å². The zero-order chi connectivity index (χ0) is 39.7. The summed E-state index contributed by atoms with van der Waals surface area (Å²) >= 11 is 1.84. The Morgan fingerprint density at radius 3 is 2.02 bits per heavy atom. The van der Waals surface area contributed by atoms with Crippen molar-refractivity contribution in [2.45, 2.75) is 19.8 Å². The van der Waals surface area contributed by atoms with Gasteiger partial charge in [0.15, 0.2) is 0 Å². The summed E-state index contributed by atoms with van der Waals surface area (Å²) < 4.78 is 16.4. The molecule has 0 bridgehead atoms. The van der Waals surface area contributed by atoms with E-state index in [0.717, 1.165) is 107 Å². The Kier molecular flexibility index (Phi) is 8.07. The average Bonchev–Trinajstić information content (AvgIpc) is 4.00. The van der Waals surface area contributed by atoms with Gasteiger partial charge in [-0.2, -0.15) is 0 Å². The second-order valence-electron chi connectivity index (χ2n) is 15.7. The second-order valence-corrected chi connectivity index (χ2v) is 16.7. The molecule has 0 fully saturated rings. The van der Waals surface area contributed by atoms with E-state index in [2.05, 4.69) is 189 Å². The molecule has 11 aromatic rings. The maximum Gasteiger partial charge on any atom is 0.143 e. The van der Waals surface area contributed by atoms with Gasteiger partial charge in [-0.15, -0.1) is 11.3 Å². The lowest BCUT2D eigenvalue weighted by Gasteiger charge is -2.19. The molecule has 4 heteroatoms. The van der Waals surface area contributed by atoms with Gasteiger partial charge in [0.05, 0.1) is 11.4 Å². The first-order valence-corrected chi connectivity index (χ1v) is 21.4. The molecule has 12 rings (SSSR count). The minimum absolute atomic E-state index is 0.863. The van der Waals surface area contributed by atoms with Crippen LogP contribution in [0.4, 0.5) is 0 Å². The van der Waals surface area contributed by atoms with E-state index in [0.29, 0.717) is 0 Å². The van der Waals surface area contributed by atoms with Crippen LogP contribution in [0, 0.1) is 0 Å². The number of rotatable bonds is 5. The van der Waals surface area contributed by atoms with Crippen LogP contribution in [-0.2, 0) is 0 Å². The van der Waals surface area contributed by atoms with Crippen molar-refractivity contribution in [3.63, 3.8) is 0 Å². The molecule has 284 valence electrons. The maximum atomic E-state index is 6.99. The predicted octanol–water partition coefficient (Wildman–Crippen LogP) is 16.3. The molecule has 3 aromatic heterocycles. The number of hydrogen-bond donors (Lipinski definition) is 0. The number of nitrogens with zero attached hydrogens (tertiary/aromatic N) is 1. The largest absolute Gasteiger partial charge is 0.455 e. The van der Waals surface area contributed by atoms with Crippen LogP contribution in [0.1, 0.15) is 36.5 Å². The number of furan rings is 2. The van der Waals surface area contributed by atoms with E-state index in [1.165, 1.54) is 31.3 Å². The molecule has 0 saturated carbocycles. The normalized spacial score (nSPS) is 14.6. The highest BCUT2D eigenvalue weighted by Gasteiger charge is 2.23. The fourth-order valence-electron chi connectivity index (χ4n) is 9.42. The van der Waals surface area contributed by atoms with Crippen LogP contribution in [0.15, 0.2) is 201 Å². The third kappa shape index (κ3) is 5.52. The van der Waals surface area contributed by atoms with Gasteiger partial charge in [0, 0.05) is 58.4 Å². The third-order valence-electron chi connectivity index (χ3n) is 12.2. The van der Waals surface area contributed by atoms with Crippen LogP contribution in [0.2, 0.25) is 0 Å². The number of hydrogen-bond acceptors (Lipinski definition) is 4. The standard InChI is InChI=1S/C56H37NO2S/c1-34-38(21-13-25-47(35-15-4-2-5-16-35)57-54(34)36-17-6-3-7-18-36)42-23-12-24-43-40-30-29-37(33-49(40)59-55(42)43)39-31-32-44(56-53(39)45-19-8-10-26-48(45)58-56)41-22-14-28-51-52(41)46-20-9-11-27-50(46)60-51/h2-12,14-20,22-33H,13,21H2,1H3/b38-34?,47-25+,57-54?. The Morgan fingerprint density at radius 2 is 1.15 bits per heavy atom. The highest BCUT2D eigenvalue weighted by atomic mass is 32.1. The van der Waals surface area contributed by atoms with Crippen LogP contribution in [0.25, 0.3) is 97.6 Å². The molecule has 0 amide bonds. The van der Waals surface area contributed by atoms with E-state index in [-0.39, 0.29) is 0 Å². The molecular formula is C56H37NO2S. The Morgan fingerprint density at radius 1 is 0.467 bits per heavy atom. The van der Waals surface area contributed by atoms with E-state index in [4.69, 9.17) is 13.8 Å². The lowest BCUT2D eigenvalue weighted by molar-refractivity contribution is 0.667. The van der Waals surface area contributed by atoms with Gasteiger partial charge in [-0.05, 0) is 89.6 Å². The number of benzene rings is 8. The van der Waals surface area contributed by atoms with Gasteiger partial charge in [-0.3, -0.25) is 0 Å². The molecule has 8 aromatic carbocycles. The van der Waals surface area contributed by atoms with Gasteiger partial charge in [0.1, 0.15) is 22.3 Å². The molecule has 4 heterocycles. The van der Waals surface area contributed by atoms with Gasteiger partial charge >= 0.3 is 0 Å². The molecule has 0 unspecified atom stereocenters. The van der Waals surface area contributed by atoms with Crippen LogP contribution in [0.5, 0.6) is 0 Å². The average molecular weight is 788 g/mol. The van der Waals surface area contributed by atoms with E-state index >= 15 is 0 Å².